The molecule has 3 aromatic rings. The van der Waals surface area contributed by atoms with Crippen molar-refractivity contribution in [2.75, 3.05) is 34.7 Å². The van der Waals surface area contributed by atoms with Gasteiger partial charge in [0.25, 0.3) is 8.32 Å². The highest BCUT2D eigenvalue weighted by Gasteiger charge is 2.52. The lowest BCUT2D eigenvalue weighted by molar-refractivity contribution is -0.136. The zero-order valence-corrected chi connectivity index (χ0v) is 52.9. The minimum Gasteiger partial charge on any atom is -0.497 e. The molecular weight excluding hydrogens is 985 g/mol. The number of unbranched alkanes of at least 4 members (excludes halogenated alkanes) is 3. The molecule has 0 bridgehead atoms. The molecule has 420 valence electrons. The zero-order valence-electron chi connectivity index (χ0n) is 49.9. The highest BCUT2D eigenvalue weighted by Crippen LogP contribution is 2.40. The van der Waals surface area contributed by atoms with Crippen molar-refractivity contribution in [3.05, 3.63) is 126 Å². The summed E-state index contributed by atoms with van der Waals surface area (Å²) in [5.74, 6) is 0.608. The van der Waals surface area contributed by atoms with Crippen LogP contribution in [-0.2, 0) is 43.6 Å². The largest absolute Gasteiger partial charge is 0.497 e. The molecule has 3 rings (SSSR count). The maximum atomic E-state index is 12.4. The Kier molecular flexibility index (Phi) is 28.5. The van der Waals surface area contributed by atoms with Crippen molar-refractivity contribution in [1.29, 1.82) is 0 Å². The molecule has 0 fully saturated rings. The lowest BCUT2D eigenvalue weighted by Crippen LogP contribution is -2.68. The van der Waals surface area contributed by atoms with Crippen molar-refractivity contribution in [2.45, 2.75) is 207 Å². The summed E-state index contributed by atoms with van der Waals surface area (Å²) in [6, 6.07) is 33.1. The van der Waals surface area contributed by atoms with E-state index in [0.717, 1.165) is 80.8 Å². The van der Waals surface area contributed by atoms with E-state index >= 15 is 0 Å². The molecule has 0 saturated carbocycles. The van der Waals surface area contributed by atoms with Gasteiger partial charge in [-0.1, -0.05) is 178 Å². The zero-order chi connectivity index (χ0) is 55.7. The average molecular weight is 1090 g/mol. The first-order chi connectivity index (χ1) is 35.5. The number of rotatable bonds is 35. The van der Waals surface area contributed by atoms with Gasteiger partial charge < -0.3 is 37.0 Å². The van der Waals surface area contributed by atoms with Crippen LogP contribution in [0, 0.1) is 5.92 Å². The van der Waals surface area contributed by atoms with Crippen LogP contribution >= 0.6 is 0 Å². The summed E-state index contributed by atoms with van der Waals surface area (Å²) < 4.78 is 51.5. The number of esters is 1. The Bertz CT molecular complexity index is 2090. The lowest BCUT2D eigenvalue weighted by atomic mass is 9.95. The van der Waals surface area contributed by atoms with Crippen LogP contribution in [0.3, 0.4) is 0 Å². The van der Waals surface area contributed by atoms with Gasteiger partial charge in [-0.25, -0.2) is 4.79 Å². The number of allylic oxidation sites excluding steroid dienone is 1. The molecular formula is C63H102O9Si3. The van der Waals surface area contributed by atoms with E-state index in [4.69, 9.17) is 37.0 Å². The van der Waals surface area contributed by atoms with Crippen LogP contribution in [0.4, 0.5) is 0 Å². The van der Waals surface area contributed by atoms with E-state index in [1.165, 1.54) is 23.1 Å². The maximum Gasteiger partial charge on any atom is 0.333 e. The summed E-state index contributed by atoms with van der Waals surface area (Å²) in [5.41, 5.74) is 3.06. The molecule has 0 aliphatic carbocycles. The van der Waals surface area contributed by atoms with E-state index in [2.05, 4.69) is 180 Å². The van der Waals surface area contributed by atoms with Gasteiger partial charge in [-0.3, -0.25) is 0 Å². The predicted molar refractivity (Wildman–Crippen MR) is 321 cm³/mol. The number of hydrogen-bond donors (Lipinski definition) is 0. The van der Waals surface area contributed by atoms with Crippen LogP contribution in [-0.4, -0.2) is 90.1 Å². The maximum absolute atomic E-state index is 12.4. The first-order valence-electron chi connectivity index (χ1n) is 28.1. The van der Waals surface area contributed by atoms with E-state index < -0.39 is 31.1 Å². The second kappa shape index (κ2) is 32.5. The Hall–Kier alpha value is -3.44. The van der Waals surface area contributed by atoms with Crippen molar-refractivity contribution in [3.8, 4) is 5.75 Å². The predicted octanol–water partition coefficient (Wildman–Crippen LogP) is 15.3. The van der Waals surface area contributed by atoms with Crippen LogP contribution in [0.1, 0.15) is 140 Å². The van der Waals surface area contributed by atoms with Crippen molar-refractivity contribution in [3.63, 3.8) is 0 Å². The SMILES string of the molecule is CC[Si](CC)(CC)O[C@H](C/C(C)=C/CCCC[C@@H](OCOC)[C@@H](/C=C/[C@@H](CCCCOCc1ccc(OC)cc1)O[Si](C)(C)C(C)(C)C)O[Si](c1ccccc1)(c1ccccc1)C(C)(C)C)[C@H](C)/C=C(\C)C(=O)OC. The number of benzene rings is 3. The van der Waals surface area contributed by atoms with Crippen molar-refractivity contribution in [2.24, 2.45) is 5.92 Å². The third-order valence-corrected chi connectivity index (χ3v) is 29.8. The van der Waals surface area contributed by atoms with Crippen LogP contribution < -0.4 is 15.1 Å². The summed E-state index contributed by atoms with van der Waals surface area (Å²) in [5, 5.41) is 2.23. The topological polar surface area (TPSA) is 90.9 Å². The smallest absolute Gasteiger partial charge is 0.333 e. The van der Waals surface area contributed by atoms with Crippen molar-refractivity contribution < 1.29 is 41.8 Å². The molecule has 0 spiro atoms. The first kappa shape index (κ1) is 65.8. The minimum absolute atomic E-state index is 0.0201. The van der Waals surface area contributed by atoms with Crippen molar-refractivity contribution in [1.82, 2.24) is 0 Å². The monoisotopic (exact) mass is 1090 g/mol. The lowest BCUT2D eigenvalue weighted by Gasteiger charge is -2.46. The Morgan fingerprint density at radius 2 is 1.27 bits per heavy atom. The van der Waals surface area contributed by atoms with E-state index in [0.29, 0.717) is 18.8 Å². The summed E-state index contributed by atoms with van der Waals surface area (Å²) >= 11 is 0. The van der Waals surface area contributed by atoms with Crippen LogP contribution in [0.15, 0.2) is 120 Å². The van der Waals surface area contributed by atoms with Gasteiger partial charge in [0, 0.05) is 25.2 Å². The standard InChI is InChI=1S/C63H102O9Si3/c1-18-74(19-2,20-3)71-60(51(5)47-52(6)61(64)67-15)46-50(4)32-24-21-29-38-58(69-49-65-13)59(72-75(63(10,11)12,56-34-25-22-26-35-56)57-36-27-23-28-37-57)44-43-55(70-73(16,17)62(7,8)9)33-30-31-45-68-48-53-39-41-54(66-14)42-40-53/h22-23,25-28,32,34-37,39-44,47,51,55,58-60H,18-21,24,29-31,33,38,45-46,48-49H2,1-17H3/b44-43+,50-32+,52-47+/t51-,55-,58-,59-,60-/m1/s1. The Morgan fingerprint density at radius 3 is 1.79 bits per heavy atom. The second-order valence-electron chi connectivity index (χ2n) is 23.2. The molecule has 0 unspecified atom stereocenters. The Labute approximate surface area is 459 Å². The average Bonchev–Trinajstić information content (AvgIpc) is 3.39. The van der Waals surface area contributed by atoms with Gasteiger partial charge in [-0.15, -0.1) is 0 Å². The summed E-state index contributed by atoms with van der Waals surface area (Å²) in [7, 11) is -2.36. The number of carbonyl (C=O) groups is 1. The van der Waals surface area contributed by atoms with Gasteiger partial charge in [0.2, 0.25) is 0 Å². The molecule has 0 N–H and O–H groups in total. The first-order valence-corrected chi connectivity index (χ1v) is 35.5. The van der Waals surface area contributed by atoms with Gasteiger partial charge in [0.1, 0.15) is 12.5 Å². The normalized spacial score (nSPS) is 15.4. The number of methoxy groups -OCH3 is 3. The summed E-state index contributed by atoms with van der Waals surface area (Å²) in [6.07, 6.45) is 15.3. The Morgan fingerprint density at radius 1 is 0.680 bits per heavy atom. The molecule has 0 heterocycles. The van der Waals surface area contributed by atoms with Crippen LogP contribution in [0.25, 0.3) is 0 Å². The fourth-order valence-corrected chi connectivity index (χ4v) is 18.6. The highest BCUT2D eigenvalue weighted by atomic mass is 28.4. The van der Waals surface area contributed by atoms with E-state index in [1.807, 2.05) is 25.1 Å². The molecule has 5 atom stereocenters. The van der Waals surface area contributed by atoms with E-state index in [-0.39, 0.29) is 47.1 Å². The molecule has 0 aliphatic rings. The summed E-state index contributed by atoms with van der Waals surface area (Å²) in [4.78, 5) is 12.4. The molecule has 9 nitrogen and oxygen atoms in total. The summed E-state index contributed by atoms with van der Waals surface area (Å²) in [6.45, 7) is 33.1. The number of ether oxygens (including phenoxy) is 5. The fourth-order valence-electron chi connectivity index (χ4n) is 9.70. The van der Waals surface area contributed by atoms with Gasteiger partial charge in [0.05, 0.1) is 45.2 Å². The molecule has 3 aromatic carbocycles. The number of hydrogen-bond acceptors (Lipinski definition) is 9. The molecule has 0 radical (unpaired) electrons. The number of carbonyl (C=O) groups excluding carboxylic acids is 1. The van der Waals surface area contributed by atoms with Crippen molar-refractivity contribution >= 4 is 41.3 Å². The molecule has 0 amide bonds. The second-order valence-corrected chi connectivity index (χ2v) is 36.9. The van der Waals surface area contributed by atoms with Gasteiger partial charge in [-0.05, 0) is 128 Å². The molecule has 12 heteroatoms. The van der Waals surface area contributed by atoms with E-state index in [1.54, 1.807) is 14.2 Å². The Balaban J connectivity index is 2.03. The van der Waals surface area contributed by atoms with E-state index in [9.17, 15) is 4.79 Å². The quantitative estimate of drug-likeness (QED) is 0.0143. The van der Waals surface area contributed by atoms with Crippen LogP contribution in [0.5, 0.6) is 5.75 Å². The third-order valence-electron chi connectivity index (χ3n) is 15.6. The molecule has 75 heavy (non-hydrogen) atoms. The van der Waals surface area contributed by atoms with Gasteiger partial charge in [0.15, 0.2) is 16.6 Å². The van der Waals surface area contributed by atoms with Crippen LogP contribution in [0.2, 0.25) is 41.3 Å². The molecule has 0 aliphatic heterocycles. The molecule has 0 aromatic heterocycles. The minimum atomic E-state index is -3.05. The highest BCUT2D eigenvalue weighted by molar-refractivity contribution is 6.99. The van der Waals surface area contributed by atoms with Gasteiger partial charge in [-0.2, -0.15) is 0 Å². The van der Waals surface area contributed by atoms with Gasteiger partial charge >= 0.3 is 5.97 Å². The fraction of sp³-hybridized carbons (Fsp3) is 0.603. The molecule has 0 saturated heterocycles. The third kappa shape index (κ3) is 20.7.